The highest BCUT2D eigenvalue weighted by molar-refractivity contribution is 6.31. The van der Waals surface area contributed by atoms with Gasteiger partial charge in [0.25, 0.3) is 0 Å². The van der Waals surface area contributed by atoms with Crippen LogP contribution in [0.1, 0.15) is 24.1 Å². The van der Waals surface area contributed by atoms with Crippen LogP contribution in [0, 0.1) is 5.82 Å². The molecule has 0 aliphatic heterocycles. The number of benzene rings is 2. The molecule has 0 bridgehead atoms. The van der Waals surface area contributed by atoms with Gasteiger partial charge in [-0.15, -0.1) is 0 Å². The molecule has 2 aromatic carbocycles. The summed E-state index contributed by atoms with van der Waals surface area (Å²) in [4.78, 5) is 0. The predicted molar refractivity (Wildman–Crippen MR) is 79.7 cm³/mol. The van der Waals surface area contributed by atoms with Gasteiger partial charge in [0, 0.05) is 23.2 Å². The van der Waals surface area contributed by atoms with E-state index in [4.69, 9.17) is 16.3 Å². The topological polar surface area (TPSA) is 21.3 Å². The molecule has 0 radical (unpaired) electrons. The minimum absolute atomic E-state index is 0.0745. The van der Waals surface area contributed by atoms with E-state index in [1.54, 1.807) is 13.2 Å². The molecule has 2 rings (SSSR count). The molecule has 0 heterocycles. The standard InChI is InChI=1S/C16H17ClFNO/c1-11(14-5-3-4-6-16(14)20-2)19-10-12-9-13(18)7-8-15(12)17/h3-9,11,19H,10H2,1-2H3/t11-/m1/s1. The zero-order chi connectivity index (χ0) is 14.5. The maximum Gasteiger partial charge on any atom is 0.123 e. The lowest BCUT2D eigenvalue weighted by Gasteiger charge is -2.17. The van der Waals surface area contributed by atoms with Gasteiger partial charge in [-0.2, -0.15) is 0 Å². The summed E-state index contributed by atoms with van der Waals surface area (Å²) < 4.78 is 18.5. The van der Waals surface area contributed by atoms with E-state index in [0.717, 1.165) is 16.9 Å². The Bertz CT molecular complexity index is 588. The Hall–Kier alpha value is -1.58. The van der Waals surface area contributed by atoms with Gasteiger partial charge in [-0.05, 0) is 36.8 Å². The summed E-state index contributed by atoms with van der Waals surface area (Å²) in [6.45, 7) is 2.53. The number of halogens is 2. The number of ether oxygens (including phenoxy) is 1. The average molecular weight is 294 g/mol. The molecule has 0 fully saturated rings. The van der Waals surface area contributed by atoms with E-state index in [0.29, 0.717) is 11.6 Å². The van der Waals surface area contributed by atoms with Crippen molar-refractivity contribution in [2.24, 2.45) is 0 Å². The Morgan fingerprint density at radius 1 is 1.25 bits per heavy atom. The van der Waals surface area contributed by atoms with Gasteiger partial charge >= 0.3 is 0 Å². The van der Waals surface area contributed by atoms with Crippen LogP contribution in [0.2, 0.25) is 5.02 Å². The lowest BCUT2D eigenvalue weighted by molar-refractivity contribution is 0.401. The summed E-state index contributed by atoms with van der Waals surface area (Å²) >= 11 is 6.05. The summed E-state index contributed by atoms with van der Waals surface area (Å²) in [5.74, 6) is 0.550. The minimum atomic E-state index is -0.281. The monoisotopic (exact) mass is 293 g/mol. The molecular formula is C16H17ClFNO. The normalized spacial score (nSPS) is 12.2. The van der Waals surface area contributed by atoms with Gasteiger partial charge in [0.1, 0.15) is 11.6 Å². The van der Waals surface area contributed by atoms with Crippen molar-refractivity contribution in [3.8, 4) is 5.75 Å². The highest BCUT2D eigenvalue weighted by Gasteiger charge is 2.11. The van der Waals surface area contributed by atoms with E-state index < -0.39 is 0 Å². The predicted octanol–water partition coefficient (Wildman–Crippen LogP) is 4.34. The fraction of sp³-hybridized carbons (Fsp3) is 0.250. The van der Waals surface area contributed by atoms with Crippen molar-refractivity contribution in [2.75, 3.05) is 7.11 Å². The molecule has 0 amide bonds. The third-order valence-corrected chi connectivity index (χ3v) is 3.58. The lowest BCUT2D eigenvalue weighted by Crippen LogP contribution is -2.19. The first-order chi connectivity index (χ1) is 9.61. The molecule has 1 atom stereocenters. The quantitative estimate of drug-likeness (QED) is 0.885. The van der Waals surface area contributed by atoms with Crippen LogP contribution in [0.5, 0.6) is 5.75 Å². The van der Waals surface area contributed by atoms with Gasteiger partial charge in [-0.25, -0.2) is 4.39 Å². The van der Waals surface area contributed by atoms with Gasteiger partial charge in [0.2, 0.25) is 0 Å². The number of methoxy groups -OCH3 is 1. The number of rotatable bonds is 5. The molecule has 0 spiro atoms. The fourth-order valence-electron chi connectivity index (χ4n) is 2.08. The van der Waals surface area contributed by atoms with Gasteiger partial charge in [0.05, 0.1) is 7.11 Å². The smallest absolute Gasteiger partial charge is 0.123 e. The molecule has 0 aliphatic rings. The van der Waals surface area contributed by atoms with Crippen molar-refractivity contribution in [3.63, 3.8) is 0 Å². The largest absolute Gasteiger partial charge is 0.496 e. The van der Waals surface area contributed by atoms with Crippen molar-refractivity contribution in [1.29, 1.82) is 0 Å². The molecule has 0 aromatic heterocycles. The summed E-state index contributed by atoms with van der Waals surface area (Å²) in [5.41, 5.74) is 1.80. The third-order valence-electron chi connectivity index (χ3n) is 3.21. The van der Waals surface area contributed by atoms with Gasteiger partial charge in [0.15, 0.2) is 0 Å². The van der Waals surface area contributed by atoms with Crippen molar-refractivity contribution >= 4 is 11.6 Å². The van der Waals surface area contributed by atoms with E-state index in [1.165, 1.54) is 12.1 Å². The van der Waals surface area contributed by atoms with E-state index in [9.17, 15) is 4.39 Å². The number of nitrogens with one attached hydrogen (secondary N) is 1. The zero-order valence-electron chi connectivity index (χ0n) is 11.5. The van der Waals surface area contributed by atoms with Crippen molar-refractivity contribution < 1.29 is 9.13 Å². The van der Waals surface area contributed by atoms with E-state index in [1.807, 2.05) is 31.2 Å². The minimum Gasteiger partial charge on any atom is -0.496 e. The second kappa shape index (κ2) is 6.73. The van der Waals surface area contributed by atoms with Crippen LogP contribution in [0.4, 0.5) is 4.39 Å². The van der Waals surface area contributed by atoms with Crippen LogP contribution in [-0.4, -0.2) is 7.11 Å². The number of hydrogen-bond donors (Lipinski definition) is 1. The summed E-state index contributed by atoms with van der Waals surface area (Å²) in [7, 11) is 1.65. The summed E-state index contributed by atoms with van der Waals surface area (Å²) in [5, 5.41) is 3.89. The Morgan fingerprint density at radius 2 is 2.00 bits per heavy atom. The van der Waals surface area contributed by atoms with Crippen LogP contribution in [-0.2, 0) is 6.54 Å². The molecule has 4 heteroatoms. The van der Waals surface area contributed by atoms with Crippen LogP contribution in [0.3, 0.4) is 0 Å². The molecule has 20 heavy (non-hydrogen) atoms. The third kappa shape index (κ3) is 3.50. The Balaban J connectivity index is 2.08. The van der Waals surface area contributed by atoms with Crippen molar-refractivity contribution in [1.82, 2.24) is 5.32 Å². The van der Waals surface area contributed by atoms with E-state index in [2.05, 4.69) is 5.32 Å². The first-order valence-corrected chi connectivity index (χ1v) is 6.80. The molecule has 2 nitrogen and oxygen atoms in total. The van der Waals surface area contributed by atoms with Crippen LogP contribution >= 0.6 is 11.6 Å². The first-order valence-electron chi connectivity index (χ1n) is 6.42. The molecule has 106 valence electrons. The Kier molecular flexibility index (Phi) is 4.99. The first kappa shape index (κ1) is 14.8. The summed E-state index contributed by atoms with van der Waals surface area (Å²) in [6.07, 6.45) is 0. The molecule has 0 saturated heterocycles. The summed E-state index contributed by atoms with van der Waals surface area (Å²) in [6, 6.07) is 12.3. The van der Waals surface area contributed by atoms with Crippen LogP contribution in [0.15, 0.2) is 42.5 Å². The Labute approximate surface area is 123 Å². The molecule has 0 unspecified atom stereocenters. The van der Waals surface area contributed by atoms with Crippen molar-refractivity contribution in [2.45, 2.75) is 19.5 Å². The average Bonchev–Trinajstić information content (AvgIpc) is 2.47. The van der Waals surface area contributed by atoms with Crippen LogP contribution in [0.25, 0.3) is 0 Å². The lowest BCUT2D eigenvalue weighted by atomic mass is 10.1. The SMILES string of the molecule is COc1ccccc1[C@@H](C)NCc1cc(F)ccc1Cl. The van der Waals surface area contributed by atoms with Crippen molar-refractivity contribution in [3.05, 3.63) is 64.4 Å². The molecular weight excluding hydrogens is 277 g/mol. The Morgan fingerprint density at radius 3 is 2.75 bits per heavy atom. The van der Waals surface area contributed by atoms with Gasteiger partial charge in [-0.3, -0.25) is 0 Å². The maximum absolute atomic E-state index is 13.2. The number of hydrogen-bond acceptors (Lipinski definition) is 2. The highest BCUT2D eigenvalue weighted by atomic mass is 35.5. The molecule has 0 aliphatic carbocycles. The fourth-order valence-corrected chi connectivity index (χ4v) is 2.26. The zero-order valence-corrected chi connectivity index (χ0v) is 12.2. The van der Waals surface area contributed by atoms with E-state index in [-0.39, 0.29) is 11.9 Å². The van der Waals surface area contributed by atoms with Gasteiger partial charge in [-0.1, -0.05) is 29.8 Å². The van der Waals surface area contributed by atoms with E-state index >= 15 is 0 Å². The number of para-hydroxylation sites is 1. The van der Waals surface area contributed by atoms with Crippen LogP contribution < -0.4 is 10.1 Å². The maximum atomic E-state index is 13.2. The molecule has 0 saturated carbocycles. The second-order valence-corrected chi connectivity index (χ2v) is 4.99. The molecule has 1 N–H and O–H groups in total. The second-order valence-electron chi connectivity index (χ2n) is 4.58. The van der Waals surface area contributed by atoms with Gasteiger partial charge < -0.3 is 10.1 Å². The highest BCUT2D eigenvalue weighted by Crippen LogP contribution is 2.25. The molecule has 2 aromatic rings.